The largest absolute Gasteiger partial charge is 0.488 e. The first-order valence-corrected chi connectivity index (χ1v) is 16.3. The van der Waals surface area contributed by atoms with Crippen molar-refractivity contribution in [3.05, 3.63) is 88.4 Å². The van der Waals surface area contributed by atoms with Gasteiger partial charge in [-0.05, 0) is 56.3 Å². The number of halogens is 2. The summed E-state index contributed by atoms with van der Waals surface area (Å²) in [6.07, 6.45) is 2.73. The molecule has 0 aliphatic carbocycles. The molecule has 6 rings (SSSR count). The van der Waals surface area contributed by atoms with Gasteiger partial charge in [0.05, 0.1) is 21.7 Å². The van der Waals surface area contributed by atoms with E-state index >= 15 is 0 Å². The van der Waals surface area contributed by atoms with Gasteiger partial charge in [0, 0.05) is 56.1 Å². The molecule has 1 saturated heterocycles. The number of H-pyrrole nitrogens is 1. The number of ether oxygens (including phenoxy) is 1. The number of nitrogens with two attached hydrogens (primary N) is 1. The number of anilines is 1. The van der Waals surface area contributed by atoms with Gasteiger partial charge >= 0.3 is 5.97 Å². The van der Waals surface area contributed by atoms with Crippen molar-refractivity contribution < 1.29 is 41.4 Å². The number of aromatic carboxylic acids is 1. The molecule has 0 saturated carbocycles. The molecule has 0 atom stereocenters. The van der Waals surface area contributed by atoms with Crippen molar-refractivity contribution in [3.63, 3.8) is 0 Å². The summed E-state index contributed by atoms with van der Waals surface area (Å²) in [6, 6.07) is 7.50. The molecule has 4 aromatic rings. The number of likely N-dealkylation sites (tertiary alicyclic amines) is 1. The molecule has 0 unspecified atom stereocenters. The van der Waals surface area contributed by atoms with Crippen molar-refractivity contribution in [2.45, 2.75) is 36.8 Å². The highest BCUT2D eigenvalue weighted by Gasteiger charge is 2.33. The number of aromatic amines is 1. The minimum Gasteiger partial charge on any atom is -0.488 e. The first-order valence-electron chi connectivity index (χ1n) is 14.9. The van der Waals surface area contributed by atoms with Gasteiger partial charge in [0.1, 0.15) is 29.2 Å². The predicted octanol–water partition coefficient (Wildman–Crippen LogP) is 2.75. The second-order valence-electron chi connectivity index (χ2n) is 11.6. The lowest BCUT2D eigenvalue weighted by Crippen LogP contribution is -2.36. The zero-order valence-corrected chi connectivity index (χ0v) is 26.4. The molecule has 2 amide bonds. The van der Waals surface area contributed by atoms with Gasteiger partial charge in [-0.1, -0.05) is 0 Å². The number of benzene rings is 2. The van der Waals surface area contributed by atoms with Crippen molar-refractivity contribution in [2.24, 2.45) is 5.73 Å². The van der Waals surface area contributed by atoms with Crippen molar-refractivity contribution in [2.75, 3.05) is 32.0 Å². The summed E-state index contributed by atoms with van der Waals surface area (Å²) in [5.41, 5.74) is 6.18. The number of carbonyl (C=O) groups excluding carboxylic acids is 2. The molecule has 17 heteroatoms. The van der Waals surface area contributed by atoms with Crippen molar-refractivity contribution in [1.82, 2.24) is 24.0 Å². The molecular weight excluding hydrogens is 652 g/mol. The number of hydrogen-bond donors (Lipinski definition) is 4. The number of aromatic nitrogens is 3. The lowest BCUT2D eigenvalue weighted by atomic mass is 10.0. The van der Waals surface area contributed by atoms with Crippen LogP contribution < -0.4 is 15.8 Å². The average molecular weight is 684 g/mol. The lowest BCUT2D eigenvalue weighted by molar-refractivity contribution is 0.0687. The van der Waals surface area contributed by atoms with Crippen LogP contribution in [-0.2, 0) is 23.0 Å². The van der Waals surface area contributed by atoms with Crippen LogP contribution in [0, 0.1) is 11.6 Å². The number of nitrogens with one attached hydrogen (secondary N) is 2. The van der Waals surface area contributed by atoms with Gasteiger partial charge < -0.3 is 30.4 Å². The Morgan fingerprint density at radius 3 is 2.44 bits per heavy atom. The fraction of sp³-hybridized carbons (Fsp3) is 0.290. The Bertz CT molecular complexity index is 2020. The van der Waals surface area contributed by atoms with Crippen molar-refractivity contribution in [1.29, 1.82) is 0 Å². The number of nitrogens with zero attached hydrogens (tertiary/aromatic N) is 4. The van der Waals surface area contributed by atoms with Crippen molar-refractivity contribution >= 4 is 33.6 Å². The van der Waals surface area contributed by atoms with Crippen LogP contribution >= 0.6 is 0 Å². The smallest absolute Gasteiger partial charge is 0.352 e. The number of piperidine rings is 1. The molecule has 2 aromatic carbocycles. The third-order valence-corrected chi connectivity index (χ3v) is 10.2. The summed E-state index contributed by atoms with van der Waals surface area (Å²) in [5, 5.41) is 19.3. The number of carboxylic acids is 1. The number of fused-ring (bicyclic) bond motifs is 1. The van der Waals surface area contributed by atoms with Crippen LogP contribution in [0.3, 0.4) is 0 Å². The molecule has 4 heterocycles. The van der Waals surface area contributed by atoms with Gasteiger partial charge in [-0.2, -0.15) is 9.40 Å². The molecule has 0 bridgehead atoms. The second kappa shape index (κ2) is 12.8. The van der Waals surface area contributed by atoms with Gasteiger partial charge in [0.15, 0.2) is 5.82 Å². The molecule has 2 aromatic heterocycles. The van der Waals surface area contributed by atoms with E-state index in [1.807, 2.05) is 7.05 Å². The number of sulfonamides is 1. The topological polar surface area (TPSA) is 193 Å². The maximum atomic E-state index is 13.9. The molecule has 5 N–H and O–H groups in total. The highest BCUT2D eigenvalue weighted by Crippen LogP contribution is 2.33. The highest BCUT2D eigenvalue weighted by molar-refractivity contribution is 7.89. The molecule has 0 radical (unpaired) electrons. The van der Waals surface area contributed by atoms with E-state index in [2.05, 4.69) is 20.4 Å². The molecule has 14 nitrogen and oxygen atoms in total. The van der Waals surface area contributed by atoms with Crippen LogP contribution in [0.2, 0.25) is 0 Å². The number of carbonyl (C=O) groups is 3. The van der Waals surface area contributed by atoms with Crippen LogP contribution in [0.1, 0.15) is 55.3 Å². The lowest BCUT2D eigenvalue weighted by Gasteiger charge is -2.30. The van der Waals surface area contributed by atoms with E-state index in [-0.39, 0.29) is 59.7 Å². The van der Waals surface area contributed by atoms with Crippen molar-refractivity contribution in [3.8, 4) is 11.4 Å². The van der Waals surface area contributed by atoms with Gasteiger partial charge in [-0.3, -0.25) is 14.7 Å². The minimum absolute atomic E-state index is 0.0280. The summed E-state index contributed by atoms with van der Waals surface area (Å²) < 4.78 is 62.9. The Labute approximate surface area is 273 Å². The zero-order valence-electron chi connectivity index (χ0n) is 25.6. The van der Waals surface area contributed by atoms with E-state index in [4.69, 9.17) is 10.5 Å². The Morgan fingerprint density at radius 1 is 1.06 bits per heavy atom. The van der Waals surface area contributed by atoms with E-state index < -0.39 is 44.3 Å². The van der Waals surface area contributed by atoms with Gasteiger partial charge in [-0.15, -0.1) is 0 Å². The molecule has 48 heavy (non-hydrogen) atoms. The highest BCUT2D eigenvalue weighted by atomic mass is 32.2. The van der Waals surface area contributed by atoms with E-state index in [0.717, 1.165) is 29.5 Å². The Morgan fingerprint density at radius 2 is 1.77 bits per heavy atom. The molecule has 252 valence electrons. The standard InChI is InChI=1S/C31H31F2N7O7S/c1-38-8-4-19(5-9-38)47-27-15-21(28(34)41)22(14-26(27)40-7-2-3-25(40)31(43)44)30(42)35-29-23-16-39(10-6-24(23)36-37-29)48(45,46)20-12-17(32)11-18(33)13-20/h2-3,7,11-15,19H,4-6,8-10,16H2,1H3,(H2,34,41)(H,43,44)(H2,35,36,37,42). The van der Waals surface area contributed by atoms with Crippen LogP contribution in [0.15, 0.2) is 53.6 Å². The first-order chi connectivity index (χ1) is 22.8. The molecular formula is C31H31F2N7O7S. The van der Waals surface area contributed by atoms with Gasteiger partial charge in [-0.25, -0.2) is 22.0 Å². The number of hydrogen-bond acceptors (Lipinski definition) is 8. The normalized spacial score (nSPS) is 16.0. The summed E-state index contributed by atoms with van der Waals surface area (Å²) in [4.78, 5) is 40.1. The second-order valence-corrected chi connectivity index (χ2v) is 13.5. The summed E-state index contributed by atoms with van der Waals surface area (Å²) >= 11 is 0. The summed E-state index contributed by atoms with van der Waals surface area (Å²) in [6.45, 7) is 1.21. The third-order valence-electron chi connectivity index (χ3n) is 8.40. The van der Waals surface area contributed by atoms with Gasteiger partial charge in [0.25, 0.3) is 5.91 Å². The van der Waals surface area contributed by atoms with Crippen LogP contribution in [0.25, 0.3) is 5.69 Å². The quantitative estimate of drug-likeness (QED) is 0.205. The van der Waals surface area contributed by atoms with E-state index in [0.29, 0.717) is 30.2 Å². The maximum absolute atomic E-state index is 13.9. The minimum atomic E-state index is -4.33. The number of rotatable bonds is 9. The zero-order chi connectivity index (χ0) is 34.3. The van der Waals surface area contributed by atoms with E-state index in [1.54, 1.807) is 0 Å². The number of carboxylic acid groups (broad SMARTS) is 1. The summed E-state index contributed by atoms with van der Waals surface area (Å²) in [7, 11) is -2.35. The molecule has 1 fully saturated rings. The first kappa shape index (κ1) is 32.8. The molecule has 2 aliphatic rings. The van der Waals surface area contributed by atoms with Crippen LogP contribution in [0.4, 0.5) is 14.6 Å². The predicted molar refractivity (Wildman–Crippen MR) is 167 cm³/mol. The monoisotopic (exact) mass is 683 g/mol. The molecule has 0 spiro atoms. The SMILES string of the molecule is CN1CCC(Oc2cc(C(N)=O)c(C(=O)Nc3n[nH]c4c3CN(S(=O)(=O)c3cc(F)cc(F)c3)CC4)cc2-n2cccc2C(=O)O)CC1. The number of primary amides is 1. The maximum Gasteiger partial charge on any atom is 0.352 e. The average Bonchev–Trinajstić information content (AvgIpc) is 3.69. The van der Waals surface area contributed by atoms with Gasteiger partial charge in [0.2, 0.25) is 15.9 Å². The summed E-state index contributed by atoms with van der Waals surface area (Å²) in [5.74, 6) is -5.03. The van der Waals surface area contributed by atoms with E-state index in [1.165, 1.54) is 35.0 Å². The van der Waals surface area contributed by atoms with E-state index in [9.17, 15) is 36.7 Å². The van der Waals surface area contributed by atoms with Crippen LogP contribution in [-0.4, -0.2) is 88.1 Å². The third kappa shape index (κ3) is 6.39. The fourth-order valence-electron chi connectivity index (χ4n) is 5.87. The Balaban J connectivity index is 1.34. The Kier molecular flexibility index (Phi) is 8.76. The Hall–Kier alpha value is -5.13. The molecule has 2 aliphatic heterocycles. The fourth-order valence-corrected chi connectivity index (χ4v) is 7.32. The number of amides is 2. The van der Waals surface area contributed by atoms with Crippen LogP contribution in [0.5, 0.6) is 5.75 Å².